The van der Waals surface area contributed by atoms with E-state index in [-0.39, 0.29) is 24.6 Å². The number of ether oxygens (including phenoxy) is 1. The van der Waals surface area contributed by atoms with Crippen molar-refractivity contribution < 1.29 is 32.6 Å². The van der Waals surface area contributed by atoms with Gasteiger partial charge >= 0.3 is 12.0 Å². The molecule has 45 heavy (non-hydrogen) atoms. The third-order valence-corrected chi connectivity index (χ3v) is 8.67. The molecule has 2 atom stereocenters. The van der Waals surface area contributed by atoms with Gasteiger partial charge in [-0.15, -0.1) is 0 Å². The number of carboxylic acid groups (broad SMARTS) is 1. The minimum Gasteiger partial charge on any atom is -0.495 e. The number of likely N-dealkylation sites (N-methyl/N-ethyl adjacent to an activating group) is 2. The molecule has 2 heterocycles. The third kappa shape index (κ3) is 8.55. The number of aromatic nitrogens is 1. The van der Waals surface area contributed by atoms with Crippen molar-refractivity contribution in [2.24, 2.45) is 4.99 Å². The third-order valence-electron chi connectivity index (χ3n) is 7.07. The zero-order valence-electron chi connectivity index (χ0n) is 25.2. The van der Waals surface area contributed by atoms with E-state index in [4.69, 9.17) is 4.74 Å². The molecule has 0 saturated carbocycles. The fourth-order valence-corrected chi connectivity index (χ4v) is 5.95. The first-order valence-corrected chi connectivity index (χ1v) is 15.4. The summed E-state index contributed by atoms with van der Waals surface area (Å²) in [7, 11) is 0.721. The van der Waals surface area contributed by atoms with E-state index in [9.17, 15) is 27.9 Å². The average Bonchev–Trinajstić information content (AvgIpc) is 3.45. The Balaban J connectivity index is 1.41. The van der Waals surface area contributed by atoms with Crippen LogP contribution in [0.2, 0.25) is 0 Å². The van der Waals surface area contributed by atoms with Crippen LogP contribution in [-0.2, 0) is 26.0 Å². The fourth-order valence-electron chi connectivity index (χ4n) is 4.54. The Morgan fingerprint density at radius 1 is 1.11 bits per heavy atom. The summed E-state index contributed by atoms with van der Waals surface area (Å²) in [6, 6.07) is 13.8. The van der Waals surface area contributed by atoms with E-state index < -0.39 is 39.9 Å². The summed E-state index contributed by atoms with van der Waals surface area (Å²) < 4.78 is 33.5. The largest absolute Gasteiger partial charge is 0.495 e. The number of hydrogen-bond donors (Lipinski definition) is 4. The predicted molar refractivity (Wildman–Crippen MR) is 170 cm³/mol. The van der Waals surface area contributed by atoms with Crippen molar-refractivity contribution in [2.45, 2.75) is 31.2 Å². The summed E-state index contributed by atoms with van der Waals surface area (Å²) >= 11 is 0. The van der Waals surface area contributed by atoms with E-state index in [2.05, 4.69) is 25.3 Å². The highest BCUT2D eigenvalue weighted by Crippen LogP contribution is 2.27. The second-order valence-corrected chi connectivity index (χ2v) is 12.3. The van der Waals surface area contributed by atoms with Crippen molar-refractivity contribution in [1.29, 1.82) is 0 Å². The van der Waals surface area contributed by atoms with Gasteiger partial charge < -0.3 is 30.3 Å². The van der Waals surface area contributed by atoms with Gasteiger partial charge in [0, 0.05) is 19.8 Å². The van der Waals surface area contributed by atoms with E-state index in [1.54, 1.807) is 49.3 Å². The topological polar surface area (TPSA) is 183 Å². The maximum absolute atomic E-state index is 13.1. The standard InChI is InChI=1S/C30H35N7O7S/c1-19-7-5-6-8-22(19)33-30(41)34-24-11-9-20(13-26(24)44-4)14-28(38)37(3)21-10-12-23(31-16-21)25(15-29(39)40)35-45(42,43)27-17-36(2)18-32-27/h5-13,16,18,25,27,35H,14-15,17H2,1-4H3,(H,39,40)(H2,33,34,41). The van der Waals surface area contributed by atoms with Gasteiger partial charge in [-0.3, -0.25) is 19.6 Å². The number of urea groups is 1. The molecule has 3 aromatic rings. The van der Waals surface area contributed by atoms with Crippen LogP contribution < -0.4 is 25.0 Å². The first-order valence-electron chi connectivity index (χ1n) is 13.9. The molecule has 1 aliphatic heterocycles. The van der Waals surface area contributed by atoms with E-state index in [0.29, 0.717) is 28.4 Å². The summed E-state index contributed by atoms with van der Waals surface area (Å²) in [5.74, 6) is -1.12. The summed E-state index contributed by atoms with van der Waals surface area (Å²) in [4.78, 5) is 48.4. The number of anilines is 3. The molecule has 0 spiro atoms. The number of methoxy groups -OCH3 is 1. The predicted octanol–water partition coefficient (Wildman–Crippen LogP) is 2.98. The summed E-state index contributed by atoms with van der Waals surface area (Å²) in [5, 5.41) is 13.9. The van der Waals surface area contributed by atoms with E-state index >= 15 is 0 Å². The summed E-state index contributed by atoms with van der Waals surface area (Å²) in [6.07, 6.45) is 2.25. The van der Waals surface area contributed by atoms with Crippen molar-refractivity contribution >= 4 is 51.3 Å². The number of para-hydroxylation sites is 1. The number of amides is 3. The molecule has 4 N–H and O–H groups in total. The second kappa shape index (κ2) is 14.2. The molecule has 15 heteroatoms. The number of pyridine rings is 1. The van der Waals surface area contributed by atoms with Gasteiger partial charge in [0.25, 0.3) is 0 Å². The number of carbonyl (C=O) groups is 3. The number of aliphatic carboxylic acids is 1. The SMILES string of the molecule is COc1cc(CC(=O)N(C)c2ccc(C(CC(=O)O)NS(=O)(=O)C3CN(C)C=N3)nc2)ccc1NC(=O)Nc1ccccc1C. The van der Waals surface area contributed by atoms with Gasteiger partial charge in [0.05, 0.1) is 62.1 Å². The van der Waals surface area contributed by atoms with Crippen LogP contribution in [0.1, 0.15) is 29.3 Å². The Morgan fingerprint density at radius 2 is 1.84 bits per heavy atom. The average molecular weight is 638 g/mol. The van der Waals surface area contributed by atoms with Gasteiger partial charge in [-0.05, 0) is 48.4 Å². The molecule has 0 radical (unpaired) electrons. The van der Waals surface area contributed by atoms with Crippen LogP contribution in [0.25, 0.3) is 0 Å². The zero-order valence-corrected chi connectivity index (χ0v) is 26.0. The number of nitrogens with zero attached hydrogens (tertiary/aromatic N) is 4. The highest BCUT2D eigenvalue weighted by Gasteiger charge is 2.32. The lowest BCUT2D eigenvalue weighted by atomic mass is 10.1. The van der Waals surface area contributed by atoms with Crippen LogP contribution in [0.5, 0.6) is 5.75 Å². The van der Waals surface area contributed by atoms with Crippen molar-refractivity contribution in [3.8, 4) is 5.75 Å². The van der Waals surface area contributed by atoms with Crippen LogP contribution in [0.4, 0.5) is 21.9 Å². The van der Waals surface area contributed by atoms with Gasteiger partial charge in [-0.1, -0.05) is 24.3 Å². The monoisotopic (exact) mass is 637 g/mol. The number of aliphatic imine (C=N–C) groups is 1. The van der Waals surface area contributed by atoms with Crippen LogP contribution in [0.15, 0.2) is 65.8 Å². The Kier molecular flexibility index (Phi) is 10.4. The van der Waals surface area contributed by atoms with E-state index in [1.165, 1.54) is 30.6 Å². The molecule has 2 aromatic carbocycles. The quantitative estimate of drug-likeness (QED) is 0.232. The number of hydrogen-bond acceptors (Lipinski definition) is 9. The van der Waals surface area contributed by atoms with Crippen molar-refractivity contribution in [3.63, 3.8) is 0 Å². The van der Waals surface area contributed by atoms with Gasteiger partial charge in [-0.25, -0.2) is 17.9 Å². The Labute approximate surface area is 261 Å². The first kappa shape index (κ1) is 32.9. The van der Waals surface area contributed by atoms with Crippen molar-refractivity contribution in [3.05, 3.63) is 77.6 Å². The molecule has 0 saturated heterocycles. The Morgan fingerprint density at radius 3 is 2.47 bits per heavy atom. The van der Waals surface area contributed by atoms with Gasteiger partial charge in [0.2, 0.25) is 15.9 Å². The molecule has 1 aliphatic rings. The molecule has 2 unspecified atom stereocenters. The molecule has 238 valence electrons. The lowest BCUT2D eigenvalue weighted by Gasteiger charge is -2.21. The Hall–Kier alpha value is -5.02. The minimum absolute atomic E-state index is 0.00207. The van der Waals surface area contributed by atoms with Gasteiger partial charge in [0.1, 0.15) is 5.75 Å². The number of benzene rings is 2. The lowest BCUT2D eigenvalue weighted by molar-refractivity contribution is -0.137. The number of nitrogens with one attached hydrogen (secondary N) is 3. The number of sulfonamides is 1. The first-order chi connectivity index (χ1) is 21.4. The zero-order chi connectivity index (χ0) is 32.7. The van der Waals surface area contributed by atoms with Crippen LogP contribution >= 0.6 is 0 Å². The van der Waals surface area contributed by atoms with Gasteiger partial charge in [-0.2, -0.15) is 0 Å². The molecule has 1 aromatic heterocycles. The lowest BCUT2D eigenvalue weighted by Crippen LogP contribution is -2.39. The van der Waals surface area contributed by atoms with Crippen molar-refractivity contribution in [1.82, 2.24) is 14.6 Å². The molecule has 0 bridgehead atoms. The number of carbonyl (C=O) groups excluding carboxylic acids is 2. The number of aryl methyl sites for hydroxylation is 1. The van der Waals surface area contributed by atoms with Crippen LogP contribution in [0, 0.1) is 6.92 Å². The molecule has 4 rings (SSSR count). The van der Waals surface area contributed by atoms with Crippen LogP contribution in [0.3, 0.4) is 0 Å². The molecule has 14 nitrogen and oxygen atoms in total. The second-order valence-electron chi connectivity index (χ2n) is 10.5. The normalized spacial score (nSPS) is 14.9. The molecule has 3 amide bonds. The molecular weight excluding hydrogens is 602 g/mol. The fraction of sp³-hybridized carbons (Fsp3) is 0.300. The van der Waals surface area contributed by atoms with Gasteiger partial charge in [0.15, 0.2) is 5.37 Å². The Bertz CT molecular complexity index is 1700. The smallest absolute Gasteiger partial charge is 0.323 e. The molecule has 0 aliphatic carbocycles. The minimum atomic E-state index is -3.99. The van der Waals surface area contributed by atoms with E-state index in [1.807, 2.05) is 25.1 Å². The summed E-state index contributed by atoms with van der Waals surface area (Å²) in [6.45, 7) is 2.03. The highest BCUT2D eigenvalue weighted by molar-refractivity contribution is 7.90. The van der Waals surface area contributed by atoms with Crippen molar-refractivity contribution in [2.75, 3.05) is 43.3 Å². The van der Waals surface area contributed by atoms with Crippen LogP contribution in [-0.4, -0.2) is 80.8 Å². The maximum Gasteiger partial charge on any atom is 0.323 e. The molecule has 0 fully saturated rings. The summed E-state index contributed by atoms with van der Waals surface area (Å²) in [5.41, 5.74) is 3.24. The van der Waals surface area contributed by atoms with E-state index in [0.717, 1.165) is 5.56 Å². The number of rotatable bonds is 12. The molecular formula is C30H35N7O7S. The maximum atomic E-state index is 13.1. The highest BCUT2D eigenvalue weighted by atomic mass is 32.2. The number of carboxylic acids is 1.